The van der Waals surface area contributed by atoms with Gasteiger partial charge in [-0.3, -0.25) is 9.59 Å². The molecule has 8 nitrogen and oxygen atoms in total. The summed E-state index contributed by atoms with van der Waals surface area (Å²) in [7, 11) is 0. The maximum atomic E-state index is 12.1. The predicted molar refractivity (Wildman–Crippen MR) is 109 cm³/mol. The lowest BCUT2D eigenvalue weighted by molar-refractivity contribution is -0.124. The highest BCUT2D eigenvalue weighted by Gasteiger charge is 2.09. The average molecular weight is 393 g/mol. The van der Waals surface area contributed by atoms with Crippen molar-refractivity contribution < 1.29 is 14.3 Å². The summed E-state index contributed by atoms with van der Waals surface area (Å²) in [4.78, 5) is 28.0. The number of para-hydroxylation sites is 1. The van der Waals surface area contributed by atoms with Gasteiger partial charge >= 0.3 is 0 Å². The van der Waals surface area contributed by atoms with E-state index < -0.39 is 0 Å². The van der Waals surface area contributed by atoms with Crippen LogP contribution >= 0.6 is 0 Å². The molecule has 0 aliphatic carbocycles. The minimum Gasteiger partial charge on any atom is -0.494 e. The number of carbonyl (C=O) groups is 2. The van der Waals surface area contributed by atoms with Crippen LogP contribution in [0, 0.1) is 0 Å². The van der Waals surface area contributed by atoms with Gasteiger partial charge in [-0.1, -0.05) is 18.2 Å². The first-order valence-electron chi connectivity index (χ1n) is 9.38. The van der Waals surface area contributed by atoms with Crippen LogP contribution in [0.25, 0.3) is 5.69 Å². The fourth-order valence-corrected chi connectivity index (χ4v) is 2.77. The number of benzene rings is 2. The molecule has 0 fully saturated rings. The molecule has 0 aliphatic heterocycles. The van der Waals surface area contributed by atoms with Crippen molar-refractivity contribution in [2.24, 2.45) is 0 Å². The van der Waals surface area contributed by atoms with Gasteiger partial charge < -0.3 is 15.4 Å². The number of anilines is 1. The van der Waals surface area contributed by atoms with Gasteiger partial charge in [-0.25, -0.2) is 9.67 Å². The fourth-order valence-electron chi connectivity index (χ4n) is 2.77. The predicted octanol–water partition coefficient (Wildman–Crippen LogP) is 2.35. The van der Waals surface area contributed by atoms with E-state index in [0.29, 0.717) is 18.7 Å². The third-order valence-electron chi connectivity index (χ3n) is 4.17. The number of hydrogen-bond donors (Lipinski definition) is 2. The van der Waals surface area contributed by atoms with Gasteiger partial charge in [-0.15, -0.1) is 0 Å². The number of aromatic nitrogens is 3. The summed E-state index contributed by atoms with van der Waals surface area (Å²) < 4.78 is 7.18. The number of nitrogens with one attached hydrogen (secondary N) is 2. The van der Waals surface area contributed by atoms with E-state index in [9.17, 15) is 9.59 Å². The van der Waals surface area contributed by atoms with Crippen LogP contribution in [-0.2, 0) is 16.0 Å². The van der Waals surface area contributed by atoms with Crippen LogP contribution in [0.5, 0.6) is 5.75 Å². The zero-order chi connectivity index (χ0) is 20.5. The van der Waals surface area contributed by atoms with E-state index in [-0.39, 0.29) is 24.8 Å². The highest BCUT2D eigenvalue weighted by molar-refractivity contribution is 5.94. The Hall–Kier alpha value is -3.68. The Labute approximate surface area is 168 Å². The summed E-state index contributed by atoms with van der Waals surface area (Å²) >= 11 is 0. The summed E-state index contributed by atoms with van der Waals surface area (Å²) in [6, 6.07) is 14.8. The summed E-state index contributed by atoms with van der Waals surface area (Å²) in [6.45, 7) is 2.41. The normalized spacial score (nSPS) is 10.4. The topological polar surface area (TPSA) is 98.1 Å². The zero-order valence-corrected chi connectivity index (χ0v) is 16.2. The Morgan fingerprint density at radius 2 is 1.86 bits per heavy atom. The molecule has 29 heavy (non-hydrogen) atoms. The van der Waals surface area contributed by atoms with Crippen molar-refractivity contribution >= 4 is 17.5 Å². The van der Waals surface area contributed by atoms with E-state index in [1.54, 1.807) is 23.1 Å². The van der Waals surface area contributed by atoms with E-state index in [1.807, 2.05) is 43.3 Å². The second-order valence-electron chi connectivity index (χ2n) is 6.25. The Bertz CT molecular complexity index is 939. The first-order valence-corrected chi connectivity index (χ1v) is 9.38. The van der Waals surface area contributed by atoms with Crippen LogP contribution in [0.1, 0.15) is 18.9 Å². The van der Waals surface area contributed by atoms with Gasteiger partial charge in [0.2, 0.25) is 11.8 Å². The third-order valence-corrected chi connectivity index (χ3v) is 4.17. The van der Waals surface area contributed by atoms with Gasteiger partial charge in [0.15, 0.2) is 0 Å². The molecule has 2 amide bonds. The molecule has 1 aromatic heterocycles. The molecule has 1 heterocycles. The third kappa shape index (κ3) is 5.90. The van der Waals surface area contributed by atoms with E-state index >= 15 is 0 Å². The van der Waals surface area contributed by atoms with Gasteiger partial charge in [0, 0.05) is 12.1 Å². The number of amides is 2. The van der Waals surface area contributed by atoms with Crippen molar-refractivity contribution in [1.29, 1.82) is 0 Å². The second kappa shape index (κ2) is 10.0. The monoisotopic (exact) mass is 393 g/mol. The molecule has 0 saturated carbocycles. The number of hydrogen-bond acceptors (Lipinski definition) is 5. The molecule has 0 spiro atoms. The smallest absolute Gasteiger partial charge is 0.243 e. The summed E-state index contributed by atoms with van der Waals surface area (Å²) in [5.74, 6) is 0.310. The van der Waals surface area contributed by atoms with Crippen molar-refractivity contribution in [2.75, 3.05) is 18.5 Å². The second-order valence-corrected chi connectivity index (χ2v) is 6.25. The lowest BCUT2D eigenvalue weighted by Crippen LogP contribution is -2.33. The standard InChI is InChI=1S/C21H23N5O3/c1-2-29-19-6-4-3-5-16(19)7-12-20(27)23-13-21(28)25-17-8-10-18(11-9-17)26-15-22-14-24-26/h3-6,8-11,14-15H,2,7,12-13H2,1H3,(H,23,27)(H,25,28). The summed E-state index contributed by atoms with van der Waals surface area (Å²) in [5.41, 5.74) is 2.45. The highest BCUT2D eigenvalue weighted by atomic mass is 16.5. The molecular formula is C21H23N5O3. The van der Waals surface area contributed by atoms with Crippen molar-refractivity contribution in [3.63, 3.8) is 0 Å². The van der Waals surface area contributed by atoms with Crippen LogP contribution in [0.2, 0.25) is 0 Å². The zero-order valence-electron chi connectivity index (χ0n) is 16.2. The van der Waals surface area contributed by atoms with Crippen molar-refractivity contribution in [2.45, 2.75) is 19.8 Å². The lowest BCUT2D eigenvalue weighted by Gasteiger charge is -2.10. The van der Waals surface area contributed by atoms with E-state index in [2.05, 4.69) is 20.7 Å². The molecule has 0 aliphatic rings. The van der Waals surface area contributed by atoms with Crippen LogP contribution in [0.3, 0.4) is 0 Å². The Morgan fingerprint density at radius 1 is 1.07 bits per heavy atom. The minimum atomic E-state index is -0.290. The highest BCUT2D eigenvalue weighted by Crippen LogP contribution is 2.19. The lowest BCUT2D eigenvalue weighted by atomic mass is 10.1. The van der Waals surface area contributed by atoms with Gasteiger partial charge in [0.05, 0.1) is 18.8 Å². The maximum absolute atomic E-state index is 12.1. The number of aryl methyl sites for hydroxylation is 1. The van der Waals surface area contributed by atoms with Crippen LogP contribution in [-0.4, -0.2) is 39.7 Å². The number of ether oxygens (including phenoxy) is 1. The number of nitrogens with zero attached hydrogens (tertiary/aromatic N) is 3. The molecule has 150 valence electrons. The molecule has 0 bridgehead atoms. The van der Waals surface area contributed by atoms with Crippen molar-refractivity contribution in [3.05, 3.63) is 66.7 Å². The number of rotatable bonds is 9. The van der Waals surface area contributed by atoms with Crippen molar-refractivity contribution in [3.8, 4) is 11.4 Å². The average Bonchev–Trinajstić information content (AvgIpc) is 3.27. The van der Waals surface area contributed by atoms with E-state index in [4.69, 9.17) is 4.74 Å². The molecule has 2 N–H and O–H groups in total. The van der Waals surface area contributed by atoms with Gasteiger partial charge in [0.25, 0.3) is 0 Å². The first kappa shape index (κ1) is 20.1. The summed E-state index contributed by atoms with van der Waals surface area (Å²) in [6.07, 6.45) is 3.88. The fraction of sp³-hybridized carbons (Fsp3) is 0.238. The minimum absolute atomic E-state index is 0.0865. The molecule has 3 rings (SSSR count). The Kier molecular flexibility index (Phi) is 6.94. The van der Waals surface area contributed by atoms with E-state index in [1.165, 1.54) is 6.33 Å². The van der Waals surface area contributed by atoms with Crippen LogP contribution < -0.4 is 15.4 Å². The molecule has 0 unspecified atom stereocenters. The molecule has 8 heteroatoms. The molecular weight excluding hydrogens is 370 g/mol. The number of carbonyl (C=O) groups excluding carboxylic acids is 2. The van der Waals surface area contributed by atoms with E-state index in [0.717, 1.165) is 17.0 Å². The Balaban J connectivity index is 1.43. The van der Waals surface area contributed by atoms with Crippen LogP contribution in [0.4, 0.5) is 5.69 Å². The summed E-state index contributed by atoms with van der Waals surface area (Å²) in [5, 5.41) is 9.44. The SMILES string of the molecule is CCOc1ccccc1CCC(=O)NCC(=O)Nc1ccc(-n2cncn2)cc1. The molecule has 2 aromatic carbocycles. The van der Waals surface area contributed by atoms with Crippen molar-refractivity contribution in [1.82, 2.24) is 20.1 Å². The Morgan fingerprint density at radius 3 is 2.59 bits per heavy atom. The van der Waals surface area contributed by atoms with Gasteiger partial charge in [0.1, 0.15) is 18.4 Å². The molecule has 0 radical (unpaired) electrons. The van der Waals surface area contributed by atoms with Gasteiger partial charge in [-0.2, -0.15) is 5.10 Å². The van der Waals surface area contributed by atoms with Gasteiger partial charge in [-0.05, 0) is 49.2 Å². The quantitative estimate of drug-likeness (QED) is 0.582. The first-order chi connectivity index (χ1) is 14.2. The maximum Gasteiger partial charge on any atom is 0.243 e. The largest absolute Gasteiger partial charge is 0.494 e. The molecule has 3 aromatic rings. The molecule has 0 atom stereocenters. The molecule has 0 saturated heterocycles. The van der Waals surface area contributed by atoms with Crippen LogP contribution in [0.15, 0.2) is 61.2 Å².